The van der Waals surface area contributed by atoms with Gasteiger partial charge in [-0.25, -0.2) is 0 Å². The molecule has 1 aromatic carbocycles. The summed E-state index contributed by atoms with van der Waals surface area (Å²) in [7, 11) is 0. The molecule has 3 nitrogen and oxygen atoms in total. The third-order valence-corrected chi connectivity index (χ3v) is 3.16. The summed E-state index contributed by atoms with van der Waals surface area (Å²) < 4.78 is 0. The largest absolute Gasteiger partial charge is 0.325 e. The summed E-state index contributed by atoms with van der Waals surface area (Å²) in [5.74, 6) is 0.481. The smallest absolute Gasteiger partial charge is 0.234 e. The van der Waals surface area contributed by atoms with E-state index in [9.17, 15) is 4.79 Å². The van der Waals surface area contributed by atoms with Gasteiger partial charge in [0.05, 0.1) is 18.2 Å². The predicted molar refractivity (Wildman–Crippen MR) is 72.0 cm³/mol. The number of nitrogens with one attached hydrogen (secondary N) is 1. The van der Waals surface area contributed by atoms with Crippen LogP contribution in [-0.4, -0.2) is 16.9 Å². The van der Waals surface area contributed by atoms with E-state index in [1.807, 2.05) is 24.3 Å². The fourth-order valence-electron chi connectivity index (χ4n) is 1.24. The van der Waals surface area contributed by atoms with Crippen LogP contribution in [0, 0.1) is 11.3 Å². The molecule has 90 valence electrons. The Balaban J connectivity index is 2.46. The van der Waals surface area contributed by atoms with Crippen molar-refractivity contribution in [3.05, 3.63) is 29.8 Å². The number of thioether (sulfide) groups is 1. The van der Waals surface area contributed by atoms with Gasteiger partial charge in [0.1, 0.15) is 0 Å². The number of anilines is 1. The number of rotatable bonds is 5. The Bertz CT molecular complexity index is 406. The minimum Gasteiger partial charge on any atom is -0.325 e. The molecule has 0 aromatic heterocycles. The van der Waals surface area contributed by atoms with E-state index in [0.717, 1.165) is 11.3 Å². The van der Waals surface area contributed by atoms with Crippen LogP contribution in [0.3, 0.4) is 0 Å². The van der Waals surface area contributed by atoms with Crippen LogP contribution in [0.2, 0.25) is 0 Å². The Kier molecular flexibility index (Phi) is 5.58. The second-order valence-electron chi connectivity index (χ2n) is 3.94. The summed E-state index contributed by atoms with van der Waals surface area (Å²) >= 11 is 1.61. The standard InChI is InChI=1S/C13H16N2OS/c1-10(2)17-9-13(16)15-12-5-3-11(4-6-12)7-8-14/h3-6,10H,7,9H2,1-2H3,(H,15,16). The molecule has 0 atom stereocenters. The number of amides is 1. The third kappa shape index (κ3) is 5.41. The van der Waals surface area contributed by atoms with Gasteiger partial charge < -0.3 is 5.32 Å². The number of carbonyl (C=O) groups is 1. The molecule has 0 saturated carbocycles. The van der Waals surface area contributed by atoms with Gasteiger partial charge in [0.25, 0.3) is 0 Å². The van der Waals surface area contributed by atoms with Crippen molar-refractivity contribution in [1.29, 1.82) is 5.26 Å². The molecule has 1 amide bonds. The molecule has 0 aliphatic heterocycles. The molecule has 0 radical (unpaired) electrons. The highest BCUT2D eigenvalue weighted by molar-refractivity contribution is 8.00. The monoisotopic (exact) mass is 248 g/mol. The third-order valence-electron chi connectivity index (χ3n) is 2.07. The SMILES string of the molecule is CC(C)SCC(=O)Nc1ccc(CC#N)cc1. The predicted octanol–water partition coefficient (Wildman–Crippen LogP) is 2.83. The number of nitrogens with zero attached hydrogens (tertiary/aromatic N) is 1. The molecule has 1 rings (SSSR count). The zero-order chi connectivity index (χ0) is 12.7. The lowest BCUT2D eigenvalue weighted by molar-refractivity contribution is -0.113. The highest BCUT2D eigenvalue weighted by atomic mass is 32.2. The summed E-state index contributed by atoms with van der Waals surface area (Å²) in [6, 6.07) is 9.45. The zero-order valence-electron chi connectivity index (χ0n) is 10.1. The Hall–Kier alpha value is -1.47. The maximum atomic E-state index is 11.5. The van der Waals surface area contributed by atoms with Crippen LogP contribution in [0.25, 0.3) is 0 Å². The van der Waals surface area contributed by atoms with Crippen molar-refractivity contribution in [2.45, 2.75) is 25.5 Å². The van der Waals surface area contributed by atoms with Crippen LogP contribution >= 0.6 is 11.8 Å². The quantitative estimate of drug-likeness (QED) is 0.871. The molecule has 0 bridgehead atoms. The van der Waals surface area contributed by atoms with Gasteiger partial charge in [0.15, 0.2) is 0 Å². The maximum Gasteiger partial charge on any atom is 0.234 e. The summed E-state index contributed by atoms with van der Waals surface area (Å²) in [6.45, 7) is 4.13. The minimum absolute atomic E-state index is 0.0109. The van der Waals surface area contributed by atoms with E-state index < -0.39 is 0 Å². The summed E-state index contributed by atoms with van der Waals surface area (Å²) in [5, 5.41) is 11.8. The highest BCUT2D eigenvalue weighted by Gasteiger charge is 2.04. The Labute approximate surface area is 106 Å². The summed E-state index contributed by atoms with van der Waals surface area (Å²) in [6.07, 6.45) is 0.400. The van der Waals surface area contributed by atoms with Crippen molar-refractivity contribution in [3.8, 4) is 6.07 Å². The van der Waals surface area contributed by atoms with E-state index in [2.05, 4.69) is 25.2 Å². The van der Waals surface area contributed by atoms with E-state index in [4.69, 9.17) is 5.26 Å². The van der Waals surface area contributed by atoms with Crippen molar-refractivity contribution >= 4 is 23.4 Å². The first-order valence-electron chi connectivity index (χ1n) is 5.49. The van der Waals surface area contributed by atoms with Gasteiger partial charge in [-0.2, -0.15) is 5.26 Å². The van der Waals surface area contributed by atoms with Crippen molar-refractivity contribution in [3.63, 3.8) is 0 Å². The Morgan fingerprint density at radius 2 is 2.06 bits per heavy atom. The first kappa shape index (κ1) is 13.6. The van der Waals surface area contributed by atoms with E-state index in [-0.39, 0.29) is 5.91 Å². The lowest BCUT2D eigenvalue weighted by atomic mass is 10.1. The van der Waals surface area contributed by atoms with Gasteiger partial charge in [-0.05, 0) is 22.9 Å². The molecule has 4 heteroatoms. The van der Waals surface area contributed by atoms with Crippen LogP contribution in [-0.2, 0) is 11.2 Å². The number of nitriles is 1. The molecule has 0 unspecified atom stereocenters. The summed E-state index contributed by atoms with van der Waals surface area (Å²) in [4.78, 5) is 11.5. The normalized spacial score (nSPS) is 10.0. The molecule has 0 fully saturated rings. The molecule has 0 spiro atoms. The molecular weight excluding hydrogens is 232 g/mol. The van der Waals surface area contributed by atoms with Gasteiger partial charge >= 0.3 is 0 Å². The Morgan fingerprint density at radius 3 is 2.59 bits per heavy atom. The minimum atomic E-state index is 0.0109. The topological polar surface area (TPSA) is 52.9 Å². The van der Waals surface area contributed by atoms with Gasteiger partial charge in [-0.15, -0.1) is 11.8 Å². The Morgan fingerprint density at radius 1 is 1.41 bits per heavy atom. The van der Waals surface area contributed by atoms with Crippen LogP contribution < -0.4 is 5.32 Å². The fourth-order valence-corrected chi connectivity index (χ4v) is 1.79. The lowest BCUT2D eigenvalue weighted by Gasteiger charge is -2.07. The average molecular weight is 248 g/mol. The molecule has 1 aromatic rings. The first-order valence-corrected chi connectivity index (χ1v) is 6.54. The van der Waals surface area contributed by atoms with E-state index in [0.29, 0.717) is 17.4 Å². The second-order valence-corrected chi connectivity index (χ2v) is 5.50. The number of carbonyl (C=O) groups excluding carboxylic acids is 1. The number of hydrogen-bond donors (Lipinski definition) is 1. The molecule has 0 aliphatic rings. The van der Waals surface area contributed by atoms with E-state index in [1.165, 1.54) is 0 Å². The first-order chi connectivity index (χ1) is 8.11. The van der Waals surface area contributed by atoms with Crippen LogP contribution in [0.1, 0.15) is 19.4 Å². The second kappa shape index (κ2) is 6.97. The van der Waals surface area contributed by atoms with Gasteiger partial charge in [-0.1, -0.05) is 26.0 Å². The van der Waals surface area contributed by atoms with Gasteiger partial charge in [-0.3, -0.25) is 4.79 Å². The number of hydrogen-bond acceptors (Lipinski definition) is 3. The van der Waals surface area contributed by atoms with Crippen molar-refractivity contribution in [2.75, 3.05) is 11.1 Å². The highest BCUT2D eigenvalue weighted by Crippen LogP contribution is 2.12. The fraction of sp³-hybridized carbons (Fsp3) is 0.385. The van der Waals surface area contributed by atoms with Crippen molar-refractivity contribution in [2.24, 2.45) is 0 Å². The van der Waals surface area contributed by atoms with E-state index in [1.54, 1.807) is 11.8 Å². The molecular formula is C13H16N2OS. The number of benzene rings is 1. The van der Waals surface area contributed by atoms with Gasteiger partial charge in [0.2, 0.25) is 5.91 Å². The molecule has 0 aliphatic carbocycles. The molecule has 0 heterocycles. The molecule has 1 N–H and O–H groups in total. The van der Waals surface area contributed by atoms with Gasteiger partial charge in [0, 0.05) is 5.69 Å². The molecule has 0 saturated heterocycles. The van der Waals surface area contributed by atoms with E-state index >= 15 is 0 Å². The van der Waals surface area contributed by atoms with Crippen LogP contribution in [0.5, 0.6) is 0 Å². The molecule has 17 heavy (non-hydrogen) atoms. The van der Waals surface area contributed by atoms with Crippen LogP contribution in [0.15, 0.2) is 24.3 Å². The summed E-state index contributed by atoms with van der Waals surface area (Å²) in [5.41, 5.74) is 1.74. The van der Waals surface area contributed by atoms with Crippen molar-refractivity contribution in [1.82, 2.24) is 0 Å². The van der Waals surface area contributed by atoms with Crippen molar-refractivity contribution < 1.29 is 4.79 Å². The lowest BCUT2D eigenvalue weighted by Crippen LogP contribution is -2.15. The maximum absolute atomic E-state index is 11.5. The zero-order valence-corrected chi connectivity index (χ0v) is 10.9. The van der Waals surface area contributed by atoms with Crippen LogP contribution in [0.4, 0.5) is 5.69 Å². The average Bonchev–Trinajstić information content (AvgIpc) is 2.29.